The Balaban J connectivity index is 2.16. The number of hydrogen-bond donors (Lipinski definition) is 1. The van der Waals surface area contributed by atoms with Crippen molar-refractivity contribution in [2.45, 2.75) is 26.8 Å². The van der Waals surface area contributed by atoms with Crippen LogP contribution in [-0.4, -0.2) is 6.54 Å². The van der Waals surface area contributed by atoms with Crippen molar-refractivity contribution in [2.75, 3.05) is 6.54 Å². The van der Waals surface area contributed by atoms with E-state index in [1.165, 1.54) is 27.3 Å². The van der Waals surface area contributed by atoms with Crippen molar-refractivity contribution in [2.24, 2.45) is 0 Å². The molecule has 1 nitrogen and oxygen atoms in total. The highest BCUT2D eigenvalue weighted by Gasteiger charge is 2.06. The van der Waals surface area contributed by atoms with Gasteiger partial charge < -0.3 is 5.32 Å². The van der Waals surface area contributed by atoms with E-state index in [2.05, 4.69) is 37.4 Å². The highest BCUT2D eigenvalue weighted by molar-refractivity contribution is 7.15. The van der Waals surface area contributed by atoms with Gasteiger partial charge in [0.15, 0.2) is 0 Å². The molecular weight excluding hydrogens is 262 g/mol. The van der Waals surface area contributed by atoms with Crippen LogP contribution in [0.15, 0.2) is 30.3 Å². The van der Waals surface area contributed by atoms with Crippen LogP contribution in [0.3, 0.4) is 0 Å². The lowest BCUT2D eigenvalue weighted by Crippen LogP contribution is -2.12. The Kier molecular flexibility index (Phi) is 4.81. The predicted molar refractivity (Wildman–Crippen MR) is 81.5 cm³/mol. The quantitative estimate of drug-likeness (QED) is 0.770. The summed E-state index contributed by atoms with van der Waals surface area (Å²) in [6, 6.07) is 10.4. The van der Waals surface area contributed by atoms with Crippen LogP contribution >= 0.6 is 22.9 Å². The molecule has 0 fully saturated rings. The molecule has 1 aromatic heterocycles. The Morgan fingerprint density at radius 1 is 1.22 bits per heavy atom. The van der Waals surface area contributed by atoms with Crippen molar-refractivity contribution in [3.8, 4) is 10.4 Å². The molecule has 0 aliphatic heterocycles. The van der Waals surface area contributed by atoms with E-state index in [1.54, 1.807) is 0 Å². The van der Waals surface area contributed by atoms with E-state index >= 15 is 0 Å². The number of aryl methyl sites for hydroxylation is 1. The maximum Gasteiger partial charge on any atom is 0.0412 e. The Morgan fingerprint density at radius 3 is 2.83 bits per heavy atom. The molecule has 0 amide bonds. The van der Waals surface area contributed by atoms with E-state index in [4.69, 9.17) is 11.6 Å². The third-order valence-electron chi connectivity index (χ3n) is 2.85. The first-order valence-electron chi connectivity index (χ1n) is 6.26. The first-order chi connectivity index (χ1) is 8.70. The number of benzene rings is 1. The largest absolute Gasteiger partial charge is 0.312 e. The predicted octanol–water partition coefficient (Wildman–Crippen LogP) is 4.88. The van der Waals surface area contributed by atoms with E-state index in [9.17, 15) is 0 Å². The molecule has 3 heteroatoms. The molecule has 0 radical (unpaired) electrons. The van der Waals surface area contributed by atoms with Gasteiger partial charge >= 0.3 is 0 Å². The summed E-state index contributed by atoms with van der Waals surface area (Å²) in [5.41, 5.74) is 2.52. The number of rotatable bonds is 5. The van der Waals surface area contributed by atoms with Gasteiger partial charge in [-0.05, 0) is 55.3 Å². The summed E-state index contributed by atoms with van der Waals surface area (Å²) in [4.78, 5) is 2.67. The molecule has 0 aliphatic rings. The third-order valence-corrected chi connectivity index (χ3v) is 4.21. The first-order valence-corrected chi connectivity index (χ1v) is 7.46. The summed E-state index contributed by atoms with van der Waals surface area (Å²) in [6.07, 6.45) is 1.17. The van der Waals surface area contributed by atoms with E-state index in [0.717, 1.165) is 18.1 Å². The molecule has 0 saturated carbocycles. The smallest absolute Gasteiger partial charge is 0.0412 e. The zero-order valence-electron chi connectivity index (χ0n) is 10.8. The van der Waals surface area contributed by atoms with E-state index in [-0.39, 0.29) is 0 Å². The van der Waals surface area contributed by atoms with Crippen LogP contribution in [0.25, 0.3) is 10.4 Å². The minimum atomic E-state index is 0.801. The Hall–Kier alpha value is -0.830. The van der Waals surface area contributed by atoms with Gasteiger partial charge in [-0.1, -0.05) is 24.6 Å². The minimum absolute atomic E-state index is 0.801. The fourth-order valence-corrected chi connectivity index (χ4v) is 3.10. The molecule has 2 aromatic rings. The second-order valence-corrected chi connectivity index (χ2v) is 6.01. The van der Waals surface area contributed by atoms with Crippen LogP contribution in [0.4, 0.5) is 0 Å². The lowest BCUT2D eigenvalue weighted by molar-refractivity contribution is 0.681. The summed E-state index contributed by atoms with van der Waals surface area (Å²) in [7, 11) is 0. The first kappa shape index (κ1) is 13.6. The van der Waals surface area contributed by atoms with Gasteiger partial charge in [-0.15, -0.1) is 11.3 Å². The van der Waals surface area contributed by atoms with Crippen LogP contribution in [0, 0.1) is 6.92 Å². The zero-order valence-corrected chi connectivity index (χ0v) is 12.4. The standard InChI is InChI=1S/C15H18ClNS/c1-3-8-17-10-13-6-7-15(18-13)14-9-12(16)5-4-11(14)2/h4-7,9,17H,3,8,10H2,1-2H3. The Labute approximate surface area is 118 Å². The molecule has 0 bridgehead atoms. The van der Waals surface area contributed by atoms with Gasteiger partial charge in [-0.25, -0.2) is 0 Å². The van der Waals surface area contributed by atoms with Crippen molar-refractivity contribution >= 4 is 22.9 Å². The monoisotopic (exact) mass is 279 g/mol. The van der Waals surface area contributed by atoms with Gasteiger partial charge in [0.2, 0.25) is 0 Å². The second-order valence-electron chi connectivity index (χ2n) is 4.40. The van der Waals surface area contributed by atoms with E-state index in [1.807, 2.05) is 23.5 Å². The lowest BCUT2D eigenvalue weighted by atomic mass is 10.1. The second kappa shape index (κ2) is 6.37. The molecule has 96 valence electrons. The Bertz CT molecular complexity index is 519. The van der Waals surface area contributed by atoms with Crippen LogP contribution in [0.1, 0.15) is 23.8 Å². The fraction of sp³-hybridized carbons (Fsp3) is 0.333. The molecule has 1 heterocycles. The fourth-order valence-electron chi connectivity index (χ4n) is 1.87. The van der Waals surface area contributed by atoms with Crippen molar-refractivity contribution in [3.05, 3.63) is 45.8 Å². The minimum Gasteiger partial charge on any atom is -0.312 e. The van der Waals surface area contributed by atoms with Crippen molar-refractivity contribution < 1.29 is 0 Å². The van der Waals surface area contributed by atoms with Crippen LogP contribution < -0.4 is 5.32 Å². The topological polar surface area (TPSA) is 12.0 Å². The van der Waals surface area contributed by atoms with Gasteiger partial charge in [0.05, 0.1) is 0 Å². The summed E-state index contributed by atoms with van der Waals surface area (Å²) in [5.74, 6) is 0. The molecule has 0 unspecified atom stereocenters. The van der Waals surface area contributed by atoms with E-state index in [0.29, 0.717) is 0 Å². The number of hydrogen-bond acceptors (Lipinski definition) is 2. The highest BCUT2D eigenvalue weighted by Crippen LogP contribution is 2.32. The molecule has 1 N–H and O–H groups in total. The maximum atomic E-state index is 6.07. The van der Waals surface area contributed by atoms with E-state index < -0.39 is 0 Å². The average Bonchev–Trinajstić information content (AvgIpc) is 2.81. The van der Waals surface area contributed by atoms with Gasteiger partial charge in [0.25, 0.3) is 0 Å². The maximum absolute atomic E-state index is 6.07. The number of nitrogens with one attached hydrogen (secondary N) is 1. The van der Waals surface area contributed by atoms with Crippen molar-refractivity contribution in [1.29, 1.82) is 0 Å². The molecule has 0 spiro atoms. The number of halogens is 1. The van der Waals surface area contributed by atoms with Crippen LogP contribution in [0.2, 0.25) is 5.02 Å². The van der Waals surface area contributed by atoms with Crippen molar-refractivity contribution in [1.82, 2.24) is 5.32 Å². The third kappa shape index (κ3) is 3.35. The summed E-state index contributed by atoms with van der Waals surface area (Å²) >= 11 is 7.91. The Morgan fingerprint density at radius 2 is 2.06 bits per heavy atom. The van der Waals surface area contributed by atoms with Gasteiger partial charge in [0, 0.05) is 21.3 Å². The molecule has 0 aliphatic carbocycles. The van der Waals surface area contributed by atoms with Crippen LogP contribution in [0.5, 0.6) is 0 Å². The average molecular weight is 280 g/mol. The summed E-state index contributed by atoms with van der Waals surface area (Å²) in [6.45, 7) is 6.34. The van der Waals surface area contributed by atoms with Crippen LogP contribution in [-0.2, 0) is 6.54 Å². The lowest BCUT2D eigenvalue weighted by Gasteiger charge is -2.03. The normalized spacial score (nSPS) is 10.8. The number of thiophene rings is 1. The van der Waals surface area contributed by atoms with Gasteiger partial charge in [0.1, 0.15) is 0 Å². The molecule has 1 aromatic carbocycles. The highest BCUT2D eigenvalue weighted by atomic mass is 35.5. The van der Waals surface area contributed by atoms with Gasteiger partial charge in [-0.3, -0.25) is 0 Å². The van der Waals surface area contributed by atoms with Crippen molar-refractivity contribution in [3.63, 3.8) is 0 Å². The molecular formula is C15H18ClNS. The SMILES string of the molecule is CCCNCc1ccc(-c2cc(Cl)ccc2C)s1. The van der Waals surface area contributed by atoms with Gasteiger partial charge in [-0.2, -0.15) is 0 Å². The summed E-state index contributed by atoms with van der Waals surface area (Å²) < 4.78 is 0. The molecule has 0 saturated heterocycles. The molecule has 2 rings (SSSR count). The molecule has 0 atom stereocenters. The molecule has 18 heavy (non-hydrogen) atoms. The zero-order chi connectivity index (χ0) is 13.0. The summed E-state index contributed by atoms with van der Waals surface area (Å²) in [5, 5.41) is 4.23.